The van der Waals surface area contributed by atoms with Gasteiger partial charge in [0.1, 0.15) is 0 Å². The molecule has 1 aliphatic rings. The maximum atomic E-state index is 12.8. The quantitative estimate of drug-likeness (QED) is 0.713. The molecule has 1 saturated heterocycles. The molecule has 0 bridgehead atoms. The van der Waals surface area contributed by atoms with Crippen LogP contribution >= 0.6 is 0 Å². The van der Waals surface area contributed by atoms with Gasteiger partial charge < -0.3 is 10.2 Å². The Kier molecular flexibility index (Phi) is 5.84. The molecule has 2 aromatic carbocycles. The molecule has 1 fully saturated rings. The topological polar surface area (TPSA) is 58.1 Å². The molecule has 2 atom stereocenters. The smallest absolute Gasteiger partial charge is 0.225 e. The molecule has 1 aliphatic heterocycles. The molecule has 5 heteroatoms. The third-order valence-corrected chi connectivity index (χ3v) is 5.49. The molecule has 2 heterocycles. The first-order valence-corrected chi connectivity index (χ1v) is 10.2. The van der Waals surface area contributed by atoms with Crippen LogP contribution in [-0.4, -0.2) is 29.2 Å². The summed E-state index contributed by atoms with van der Waals surface area (Å²) in [6.45, 7) is 3.60. The van der Waals surface area contributed by atoms with E-state index in [1.807, 2.05) is 79.7 Å². The summed E-state index contributed by atoms with van der Waals surface area (Å²) in [5.41, 5.74) is 3.03. The summed E-state index contributed by atoms with van der Waals surface area (Å²) in [7, 11) is 0. The minimum atomic E-state index is -0.0366. The van der Waals surface area contributed by atoms with Crippen molar-refractivity contribution in [1.29, 1.82) is 0 Å². The third kappa shape index (κ3) is 4.62. The molecule has 5 nitrogen and oxygen atoms in total. The molecule has 0 radical (unpaired) electrons. The van der Waals surface area contributed by atoms with E-state index in [1.54, 1.807) is 0 Å². The number of benzene rings is 2. The highest BCUT2D eigenvalue weighted by Gasteiger charge is 2.27. The summed E-state index contributed by atoms with van der Waals surface area (Å²) < 4.78 is 0. The van der Waals surface area contributed by atoms with Crippen LogP contribution in [0.1, 0.15) is 31.4 Å². The van der Waals surface area contributed by atoms with E-state index < -0.39 is 0 Å². The van der Waals surface area contributed by atoms with Gasteiger partial charge >= 0.3 is 0 Å². The third-order valence-electron chi connectivity index (χ3n) is 5.49. The number of amides is 1. The van der Waals surface area contributed by atoms with Crippen LogP contribution in [0.4, 0.5) is 5.82 Å². The molecule has 1 amide bonds. The van der Waals surface area contributed by atoms with E-state index in [4.69, 9.17) is 0 Å². The summed E-state index contributed by atoms with van der Waals surface area (Å²) in [6, 6.07) is 24.1. The Morgan fingerprint density at radius 2 is 1.72 bits per heavy atom. The van der Waals surface area contributed by atoms with Gasteiger partial charge in [0, 0.05) is 18.7 Å². The van der Waals surface area contributed by atoms with Crippen molar-refractivity contribution < 1.29 is 4.79 Å². The molecule has 2 unspecified atom stereocenters. The number of anilines is 1. The molecular formula is C24H26N4O. The molecular weight excluding hydrogens is 360 g/mol. The zero-order valence-corrected chi connectivity index (χ0v) is 16.7. The number of aromatic nitrogens is 2. The predicted octanol–water partition coefficient (Wildman–Crippen LogP) is 4.24. The van der Waals surface area contributed by atoms with Gasteiger partial charge in [-0.05, 0) is 37.5 Å². The lowest BCUT2D eigenvalue weighted by atomic mass is 9.96. The number of hydrogen-bond acceptors (Lipinski definition) is 4. The molecule has 0 saturated carbocycles. The average Bonchev–Trinajstić information content (AvgIpc) is 2.80. The largest absolute Gasteiger partial charge is 0.354 e. The molecule has 3 aromatic rings. The SMILES string of the molecule is CC(NC(=O)C1CCCN(c2ccc(-c3ccccc3)nn2)C1)c1ccccc1. The fraction of sp³-hybridized carbons (Fsp3) is 0.292. The molecule has 0 spiro atoms. The van der Waals surface area contributed by atoms with E-state index in [2.05, 4.69) is 20.4 Å². The van der Waals surface area contributed by atoms with Crippen LogP contribution in [0.2, 0.25) is 0 Å². The minimum Gasteiger partial charge on any atom is -0.354 e. The van der Waals surface area contributed by atoms with Crippen LogP contribution in [0.15, 0.2) is 72.8 Å². The summed E-state index contributed by atoms with van der Waals surface area (Å²) in [4.78, 5) is 15.0. The lowest BCUT2D eigenvalue weighted by Crippen LogP contribution is -2.44. The highest BCUT2D eigenvalue weighted by Crippen LogP contribution is 2.24. The van der Waals surface area contributed by atoms with Crippen molar-refractivity contribution in [2.75, 3.05) is 18.0 Å². The second-order valence-corrected chi connectivity index (χ2v) is 7.57. The fourth-order valence-electron chi connectivity index (χ4n) is 3.81. The first-order chi connectivity index (χ1) is 14.2. The van der Waals surface area contributed by atoms with Crippen molar-refractivity contribution in [3.8, 4) is 11.3 Å². The summed E-state index contributed by atoms with van der Waals surface area (Å²) in [5, 5.41) is 12.0. The monoisotopic (exact) mass is 386 g/mol. The summed E-state index contributed by atoms with van der Waals surface area (Å²) >= 11 is 0. The predicted molar refractivity (Wildman–Crippen MR) is 115 cm³/mol. The first kappa shape index (κ1) is 19.1. The number of nitrogens with zero attached hydrogens (tertiary/aromatic N) is 3. The van der Waals surface area contributed by atoms with Crippen molar-refractivity contribution in [3.63, 3.8) is 0 Å². The van der Waals surface area contributed by atoms with E-state index in [9.17, 15) is 4.79 Å². The molecule has 148 valence electrons. The Labute approximate surface area is 171 Å². The summed E-state index contributed by atoms with van der Waals surface area (Å²) in [5.74, 6) is 0.906. The highest BCUT2D eigenvalue weighted by atomic mass is 16.2. The summed E-state index contributed by atoms with van der Waals surface area (Å²) in [6.07, 6.45) is 1.87. The van der Waals surface area contributed by atoms with Crippen molar-refractivity contribution in [1.82, 2.24) is 15.5 Å². The van der Waals surface area contributed by atoms with Crippen LogP contribution in [0.5, 0.6) is 0 Å². The number of hydrogen-bond donors (Lipinski definition) is 1. The van der Waals surface area contributed by atoms with E-state index >= 15 is 0 Å². The van der Waals surface area contributed by atoms with Gasteiger partial charge in [0.2, 0.25) is 5.91 Å². The number of piperidine rings is 1. The Balaban J connectivity index is 1.39. The average molecular weight is 386 g/mol. The van der Waals surface area contributed by atoms with Crippen molar-refractivity contribution >= 4 is 11.7 Å². The number of carbonyl (C=O) groups excluding carboxylic acids is 1. The zero-order chi connectivity index (χ0) is 20.1. The highest BCUT2D eigenvalue weighted by molar-refractivity contribution is 5.80. The molecule has 0 aliphatic carbocycles. The van der Waals surface area contributed by atoms with Gasteiger partial charge in [0.05, 0.1) is 17.7 Å². The fourth-order valence-corrected chi connectivity index (χ4v) is 3.81. The molecule has 1 N–H and O–H groups in total. The molecule has 29 heavy (non-hydrogen) atoms. The van der Waals surface area contributed by atoms with Gasteiger partial charge in [-0.15, -0.1) is 10.2 Å². The van der Waals surface area contributed by atoms with Crippen LogP contribution in [-0.2, 0) is 4.79 Å². The van der Waals surface area contributed by atoms with Gasteiger partial charge in [-0.25, -0.2) is 0 Å². The van der Waals surface area contributed by atoms with Gasteiger partial charge in [0.15, 0.2) is 5.82 Å². The lowest BCUT2D eigenvalue weighted by Gasteiger charge is -2.33. The minimum absolute atomic E-state index is 0.00373. The van der Waals surface area contributed by atoms with Crippen LogP contribution in [0.3, 0.4) is 0 Å². The van der Waals surface area contributed by atoms with Crippen LogP contribution < -0.4 is 10.2 Å². The molecule has 1 aromatic heterocycles. The van der Waals surface area contributed by atoms with Crippen molar-refractivity contribution in [2.24, 2.45) is 5.92 Å². The Morgan fingerprint density at radius 3 is 2.41 bits per heavy atom. The van der Waals surface area contributed by atoms with E-state index in [0.717, 1.165) is 42.0 Å². The first-order valence-electron chi connectivity index (χ1n) is 10.2. The Hall–Kier alpha value is -3.21. The maximum absolute atomic E-state index is 12.8. The second-order valence-electron chi connectivity index (χ2n) is 7.57. The van der Waals surface area contributed by atoms with Gasteiger partial charge in [-0.1, -0.05) is 60.7 Å². The van der Waals surface area contributed by atoms with E-state index in [-0.39, 0.29) is 17.9 Å². The van der Waals surface area contributed by atoms with Crippen LogP contribution in [0, 0.1) is 5.92 Å². The Morgan fingerprint density at radius 1 is 1.00 bits per heavy atom. The van der Waals surface area contributed by atoms with E-state index in [0.29, 0.717) is 6.54 Å². The van der Waals surface area contributed by atoms with Crippen molar-refractivity contribution in [3.05, 3.63) is 78.4 Å². The number of nitrogens with one attached hydrogen (secondary N) is 1. The van der Waals surface area contributed by atoms with Crippen LogP contribution in [0.25, 0.3) is 11.3 Å². The van der Waals surface area contributed by atoms with Gasteiger partial charge in [0.25, 0.3) is 0 Å². The molecule has 4 rings (SSSR count). The second kappa shape index (κ2) is 8.86. The zero-order valence-electron chi connectivity index (χ0n) is 16.7. The Bertz CT molecular complexity index is 928. The van der Waals surface area contributed by atoms with E-state index in [1.165, 1.54) is 0 Å². The standard InChI is InChI=1S/C24H26N4O/c1-18(19-9-4-2-5-10-19)25-24(29)21-13-8-16-28(17-21)23-15-14-22(26-27-23)20-11-6-3-7-12-20/h2-7,9-12,14-15,18,21H,8,13,16-17H2,1H3,(H,25,29). The normalized spacial score (nSPS) is 17.6. The van der Waals surface area contributed by atoms with Gasteiger partial charge in [-0.2, -0.15) is 0 Å². The lowest BCUT2D eigenvalue weighted by molar-refractivity contribution is -0.125. The number of rotatable bonds is 5. The van der Waals surface area contributed by atoms with Gasteiger partial charge in [-0.3, -0.25) is 4.79 Å². The maximum Gasteiger partial charge on any atom is 0.225 e. The van der Waals surface area contributed by atoms with Crippen molar-refractivity contribution in [2.45, 2.75) is 25.8 Å². The number of carbonyl (C=O) groups is 1.